The zero-order chi connectivity index (χ0) is 15.2. The van der Waals surface area contributed by atoms with Crippen LogP contribution in [0.2, 0.25) is 0 Å². The molecule has 0 heterocycles. The first-order valence-corrected chi connectivity index (χ1v) is 7.24. The molecule has 1 unspecified atom stereocenters. The van der Waals surface area contributed by atoms with Crippen molar-refractivity contribution >= 4 is 0 Å². The van der Waals surface area contributed by atoms with Crippen LogP contribution in [0.15, 0.2) is 42.5 Å². The normalized spacial score (nSPS) is 12.1. The molecule has 0 bridgehead atoms. The van der Waals surface area contributed by atoms with Gasteiger partial charge in [0.1, 0.15) is 0 Å². The zero-order valence-electron chi connectivity index (χ0n) is 12.9. The van der Waals surface area contributed by atoms with Crippen LogP contribution in [0.3, 0.4) is 0 Å². The minimum Gasteiger partial charge on any atom is -0.504 e. The Balaban J connectivity index is 1.91. The molecule has 2 aromatic rings. The number of phenols is 1. The SMILES string of the molecule is COc1ccc(CNC(C)Cc2ccccc2C)cc1O. The van der Waals surface area contributed by atoms with Crippen LogP contribution in [0.4, 0.5) is 0 Å². The van der Waals surface area contributed by atoms with Crippen molar-refractivity contribution in [1.82, 2.24) is 5.32 Å². The fourth-order valence-corrected chi connectivity index (χ4v) is 2.38. The molecule has 2 rings (SSSR count). The number of benzene rings is 2. The van der Waals surface area contributed by atoms with Gasteiger partial charge in [-0.3, -0.25) is 0 Å². The average Bonchev–Trinajstić information content (AvgIpc) is 2.48. The molecule has 1 atom stereocenters. The summed E-state index contributed by atoms with van der Waals surface area (Å²) >= 11 is 0. The Morgan fingerprint density at radius 2 is 1.95 bits per heavy atom. The van der Waals surface area contributed by atoms with Gasteiger partial charge in [-0.15, -0.1) is 0 Å². The lowest BCUT2D eigenvalue weighted by atomic mass is 10.0. The van der Waals surface area contributed by atoms with E-state index in [1.54, 1.807) is 19.2 Å². The molecule has 0 aromatic heterocycles. The van der Waals surface area contributed by atoms with Gasteiger partial charge in [0, 0.05) is 12.6 Å². The second kappa shape index (κ2) is 7.14. The zero-order valence-corrected chi connectivity index (χ0v) is 12.9. The molecule has 0 radical (unpaired) electrons. The first-order valence-electron chi connectivity index (χ1n) is 7.24. The summed E-state index contributed by atoms with van der Waals surface area (Å²) < 4.78 is 5.05. The second-order valence-electron chi connectivity index (χ2n) is 5.42. The number of methoxy groups -OCH3 is 1. The van der Waals surface area contributed by atoms with E-state index in [4.69, 9.17) is 4.74 Å². The summed E-state index contributed by atoms with van der Waals surface area (Å²) in [5, 5.41) is 13.3. The molecule has 0 saturated heterocycles. The van der Waals surface area contributed by atoms with Crippen molar-refractivity contribution in [1.29, 1.82) is 0 Å². The van der Waals surface area contributed by atoms with Gasteiger partial charge in [0.15, 0.2) is 11.5 Å². The number of phenolic OH excluding ortho intramolecular Hbond substituents is 1. The molecule has 0 aliphatic carbocycles. The fourth-order valence-electron chi connectivity index (χ4n) is 2.38. The van der Waals surface area contributed by atoms with Gasteiger partial charge in [0.2, 0.25) is 0 Å². The predicted molar refractivity (Wildman–Crippen MR) is 85.8 cm³/mol. The predicted octanol–water partition coefficient (Wildman–Crippen LogP) is 3.43. The average molecular weight is 285 g/mol. The van der Waals surface area contributed by atoms with E-state index in [-0.39, 0.29) is 5.75 Å². The number of nitrogens with one attached hydrogen (secondary N) is 1. The minimum atomic E-state index is 0.184. The lowest BCUT2D eigenvalue weighted by Gasteiger charge is -2.16. The molecule has 0 spiro atoms. The van der Waals surface area contributed by atoms with Crippen molar-refractivity contribution in [2.24, 2.45) is 0 Å². The summed E-state index contributed by atoms with van der Waals surface area (Å²) in [7, 11) is 1.55. The van der Waals surface area contributed by atoms with Crippen LogP contribution in [0.5, 0.6) is 11.5 Å². The fraction of sp³-hybridized carbons (Fsp3) is 0.333. The summed E-state index contributed by atoms with van der Waals surface area (Å²) in [6.45, 7) is 5.05. The van der Waals surface area contributed by atoms with Gasteiger partial charge in [-0.25, -0.2) is 0 Å². The van der Waals surface area contributed by atoms with Gasteiger partial charge in [0.25, 0.3) is 0 Å². The number of aryl methyl sites for hydroxylation is 1. The Hall–Kier alpha value is -2.00. The van der Waals surface area contributed by atoms with Crippen LogP contribution in [0.1, 0.15) is 23.6 Å². The molecular weight excluding hydrogens is 262 g/mol. The Kier molecular flexibility index (Phi) is 5.23. The molecule has 0 amide bonds. The molecule has 0 aliphatic rings. The number of rotatable bonds is 6. The Morgan fingerprint density at radius 3 is 2.62 bits per heavy atom. The van der Waals surface area contributed by atoms with E-state index in [9.17, 15) is 5.11 Å². The number of aromatic hydroxyl groups is 1. The van der Waals surface area contributed by atoms with E-state index in [0.29, 0.717) is 11.8 Å². The molecule has 3 heteroatoms. The van der Waals surface area contributed by atoms with Crippen LogP contribution in [-0.2, 0) is 13.0 Å². The van der Waals surface area contributed by atoms with Gasteiger partial charge in [0.05, 0.1) is 7.11 Å². The quantitative estimate of drug-likeness (QED) is 0.854. The Bertz CT molecular complexity index is 596. The van der Waals surface area contributed by atoms with Crippen molar-refractivity contribution in [3.8, 4) is 11.5 Å². The van der Waals surface area contributed by atoms with Crippen LogP contribution >= 0.6 is 0 Å². The van der Waals surface area contributed by atoms with Crippen LogP contribution < -0.4 is 10.1 Å². The van der Waals surface area contributed by atoms with Crippen molar-refractivity contribution in [3.63, 3.8) is 0 Å². The summed E-state index contributed by atoms with van der Waals surface area (Å²) in [4.78, 5) is 0. The van der Waals surface area contributed by atoms with E-state index < -0.39 is 0 Å². The standard InChI is InChI=1S/C18H23NO2/c1-13-6-4-5-7-16(13)10-14(2)19-12-15-8-9-18(21-3)17(20)11-15/h4-9,11,14,19-20H,10,12H2,1-3H3. The smallest absolute Gasteiger partial charge is 0.160 e. The summed E-state index contributed by atoms with van der Waals surface area (Å²) in [5.41, 5.74) is 3.74. The number of hydrogen-bond donors (Lipinski definition) is 2. The summed E-state index contributed by atoms with van der Waals surface area (Å²) in [6, 6.07) is 14.3. The Morgan fingerprint density at radius 1 is 1.19 bits per heavy atom. The van der Waals surface area contributed by atoms with Crippen molar-refractivity contribution < 1.29 is 9.84 Å². The first-order chi connectivity index (χ1) is 10.1. The molecular formula is C18H23NO2. The van der Waals surface area contributed by atoms with Gasteiger partial charge in [-0.1, -0.05) is 30.3 Å². The van der Waals surface area contributed by atoms with Crippen molar-refractivity contribution in [3.05, 3.63) is 59.2 Å². The highest BCUT2D eigenvalue weighted by atomic mass is 16.5. The molecule has 112 valence electrons. The maximum absolute atomic E-state index is 9.78. The summed E-state index contributed by atoms with van der Waals surface area (Å²) in [5.74, 6) is 0.690. The highest BCUT2D eigenvalue weighted by molar-refractivity contribution is 5.41. The molecule has 0 aliphatic heterocycles. The van der Waals surface area contributed by atoms with Gasteiger partial charge >= 0.3 is 0 Å². The maximum Gasteiger partial charge on any atom is 0.160 e. The van der Waals surface area contributed by atoms with Crippen LogP contribution in [0.25, 0.3) is 0 Å². The number of ether oxygens (including phenoxy) is 1. The lowest BCUT2D eigenvalue weighted by molar-refractivity contribution is 0.373. The largest absolute Gasteiger partial charge is 0.504 e. The minimum absolute atomic E-state index is 0.184. The van der Waals surface area contributed by atoms with E-state index >= 15 is 0 Å². The maximum atomic E-state index is 9.78. The van der Waals surface area contributed by atoms with Crippen LogP contribution in [0, 0.1) is 6.92 Å². The molecule has 2 N–H and O–H groups in total. The van der Waals surface area contributed by atoms with Crippen molar-refractivity contribution in [2.45, 2.75) is 32.9 Å². The third kappa shape index (κ3) is 4.23. The van der Waals surface area contributed by atoms with Gasteiger partial charge in [-0.05, 0) is 49.1 Å². The van der Waals surface area contributed by atoms with Gasteiger partial charge in [-0.2, -0.15) is 0 Å². The van der Waals surface area contributed by atoms with Gasteiger partial charge < -0.3 is 15.2 Å². The Labute approximate surface area is 126 Å². The summed E-state index contributed by atoms with van der Waals surface area (Å²) in [6.07, 6.45) is 0.995. The van der Waals surface area contributed by atoms with E-state index in [1.165, 1.54) is 11.1 Å². The van der Waals surface area contributed by atoms with E-state index in [2.05, 4.69) is 43.4 Å². The molecule has 2 aromatic carbocycles. The molecule has 0 fully saturated rings. The molecule has 21 heavy (non-hydrogen) atoms. The second-order valence-corrected chi connectivity index (χ2v) is 5.42. The van der Waals surface area contributed by atoms with E-state index in [1.807, 2.05) is 6.07 Å². The topological polar surface area (TPSA) is 41.5 Å². The highest BCUT2D eigenvalue weighted by Crippen LogP contribution is 2.26. The number of hydrogen-bond acceptors (Lipinski definition) is 3. The lowest BCUT2D eigenvalue weighted by Crippen LogP contribution is -2.27. The monoisotopic (exact) mass is 285 g/mol. The first kappa shape index (κ1) is 15.4. The molecule has 0 saturated carbocycles. The third-order valence-electron chi connectivity index (χ3n) is 3.69. The van der Waals surface area contributed by atoms with E-state index in [0.717, 1.165) is 18.5 Å². The molecule has 3 nitrogen and oxygen atoms in total. The highest BCUT2D eigenvalue weighted by Gasteiger charge is 2.07. The van der Waals surface area contributed by atoms with Crippen LogP contribution in [-0.4, -0.2) is 18.3 Å². The van der Waals surface area contributed by atoms with Crippen molar-refractivity contribution in [2.75, 3.05) is 7.11 Å². The third-order valence-corrected chi connectivity index (χ3v) is 3.69.